The summed E-state index contributed by atoms with van der Waals surface area (Å²) < 4.78 is 1.85. The lowest BCUT2D eigenvalue weighted by atomic mass is 10.1. The van der Waals surface area contributed by atoms with Crippen molar-refractivity contribution in [2.24, 2.45) is 0 Å². The maximum absolute atomic E-state index is 6.07. The number of benzene rings is 1. The topological polar surface area (TPSA) is 30.2 Å². The fourth-order valence-corrected chi connectivity index (χ4v) is 2.23. The van der Waals surface area contributed by atoms with Crippen molar-refractivity contribution in [3.05, 3.63) is 53.6 Å². The molecule has 3 aromatic rings. The van der Waals surface area contributed by atoms with Crippen molar-refractivity contribution in [2.45, 2.75) is 6.92 Å². The lowest BCUT2D eigenvalue weighted by Gasteiger charge is -1.99. The van der Waals surface area contributed by atoms with Gasteiger partial charge in [-0.1, -0.05) is 30.3 Å². The molecule has 0 aliphatic rings. The number of rotatable bonds is 1. The van der Waals surface area contributed by atoms with Crippen molar-refractivity contribution in [3.63, 3.8) is 0 Å². The third-order valence-electron chi connectivity index (χ3n) is 2.77. The summed E-state index contributed by atoms with van der Waals surface area (Å²) in [4.78, 5) is 8.65. The molecule has 3 nitrogen and oxygen atoms in total. The van der Waals surface area contributed by atoms with Crippen LogP contribution < -0.4 is 0 Å². The molecule has 0 aliphatic heterocycles. The minimum absolute atomic E-state index is 0.440. The molecule has 0 amide bonds. The summed E-state index contributed by atoms with van der Waals surface area (Å²) in [6, 6.07) is 11.9. The first-order valence-corrected chi connectivity index (χ1v) is 5.70. The van der Waals surface area contributed by atoms with E-state index < -0.39 is 0 Å². The second kappa shape index (κ2) is 3.86. The number of fused-ring (bicyclic) bond motifs is 1. The Morgan fingerprint density at radius 3 is 2.59 bits per heavy atom. The maximum atomic E-state index is 6.07. The van der Waals surface area contributed by atoms with Crippen molar-refractivity contribution in [3.8, 4) is 11.3 Å². The van der Waals surface area contributed by atoms with Crippen molar-refractivity contribution in [1.82, 2.24) is 14.4 Å². The van der Waals surface area contributed by atoms with E-state index in [0.717, 1.165) is 22.6 Å². The Labute approximate surface area is 104 Å². The monoisotopic (exact) mass is 243 g/mol. The van der Waals surface area contributed by atoms with Crippen LogP contribution in [0.1, 0.15) is 5.69 Å². The van der Waals surface area contributed by atoms with Crippen LogP contribution in [-0.2, 0) is 0 Å². The normalized spacial score (nSPS) is 10.9. The van der Waals surface area contributed by atoms with E-state index in [-0.39, 0.29) is 0 Å². The van der Waals surface area contributed by atoms with Gasteiger partial charge in [0.2, 0.25) is 5.28 Å². The molecule has 0 spiro atoms. The highest BCUT2D eigenvalue weighted by Crippen LogP contribution is 2.25. The van der Waals surface area contributed by atoms with E-state index in [1.807, 2.05) is 47.7 Å². The van der Waals surface area contributed by atoms with Gasteiger partial charge in [0.25, 0.3) is 0 Å². The van der Waals surface area contributed by atoms with Gasteiger partial charge >= 0.3 is 0 Å². The number of halogens is 1. The smallest absolute Gasteiger partial charge is 0.208 e. The largest absolute Gasteiger partial charge is 0.271 e. The van der Waals surface area contributed by atoms with Gasteiger partial charge in [0.15, 0.2) is 0 Å². The lowest BCUT2D eigenvalue weighted by Crippen LogP contribution is -1.91. The van der Waals surface area contributed by atoms with Gasteiger partial charge in [-0.3, -0.25) is 4.40 Å². The van der Waals surface area contributed by atoms with Gasteiger partial charge in [-0.15, -0.1) is 0 Å². The highest BCUT2D eigenvalue weighted by molar-refractivity contribution is 6.28. The highest BCUT2D eigenvalue weighted by Gasteiger charge is 2.11. The lowest BCUT2D eigenvalue weighted by molar-refractivity contribution is 1.04. The highest BCUT2D eigenvalue weighted by atomic mass is 35.5. The summed E-state index contributed by atoms with van der Waals surface area (Å²) in [5.74, 6) is 0. The zero-order valence-corrected chi connectivity index (χ0v) is 10.0. The Balaban J connectivity index is 2.33. The first kappa shape index (κ1) is 10.3. The molecule has 0 saturated carbocycles. The first-order chi connectivity index (χ1) is 8.27. The molecular formula is C13H10ClN3. The Hall–Kier alpha value is -1.87. The molecule has 2 aromatic heterocycles. The van der Waals surface area contributed by atoms with E-state index in [4.69, 9.17) is 11.6 Å². The van der Waals surface area contributed by atoms with Gasteiger partial charge < -0.3 is 0 Å². The third kappa shape index (κ3) is 1.59. The fourth-order valence-electron chi connectivity index (χ4n) is 1.96. The van der Waals surface area contributed by atoms with Crippen LogP contribution in [0.3, 0.4) is 0 Å². The van der Waals surface area contributed by atoms with E-state index in [2.05, 4.69) is 9.97 Å². The molecule has 0 saturated heterocycles. The van der Waals surface area contributed by atoms with E-state index >= 15 is 0 Å². The van der Waals surface area contributed by atoms with Gasteiger partial charge in [-0.25, -0.2) is 9.97 Å². The van der Waals surface area contributed by atoms with Crippen molar-refractivity contribution < 1.29 is 0 Å². The summed E-state index contributed by atoms with van der Waals surface area (Å²) in [6.07, 6.45) is 1.67. The van der Waals surface area contributed by atoms with Crippen LogP contribution in [-0.4, -0.2) is 14.4 Å². The molecule has 3 rings (SSSR count). The molecule has 1 aromatic carbocycles. The molecule has 0 radical (unpaired) electrons. The van der Waals surface area contributed by atoms with Crippen molar-refractivity contribution in [1.29, 1.82) is 0 Å². The minimum atomic E-state index is 0.440. The average Bonchev–Trinajstić information content (AvgIpc) is 2.69. The Morgan fingerprint density at radius 1 is 1.12 bits per heavy atom. The number of nitrogens with zero attached hydrogens (tertiary/aromatic N) is 3. The van der Waals surface area contributed by atoms with Crippen LogP contribution in [0.2, 0.25) is 5.28 Å². The van der Waals surface area contributed by atoms with Crippen LogP contribution >= 0.6 is 11.6 Å². The van der Waals surface area contributed by atoms with Gasteiger partial charge in [0.05, 0.1) is 11.4 Å². The van der Waals surface area contributed by atoms with Crippen LogP contribution in [0.5, 0.6) is 0 Å². The number of hydrogen-bond donors (Lipinski definition) is 0. The zero-order valence-electron chi connectivity index (χ0n) is 9.26. The molecule has 4 heteroatoms. The summed E-state index contributed by atoms with van der Waals surface area (Å²) in [5, 5.41) is 0.440. The van der Waals surface area contributed by atoms with Crippen molar-refractivity contribution >= 4 is 17.2 Å². The molecule has 84 valence electrons. The number of aryl methyl sites for hydroxylation is 1. The Kier molecular flexibility index (Phi) is 2.34. The molecule has 17 heavy (non-hydrogen) atoms. The molecule has 0 N–H and O–H groups in total. The fraction of sp³-hybridized carbons (Fsp3) is 0.0769. The SMILES string of the molecule is Cc1c(-c2ccccc2)nc2ccnc(Cl)n12. The third-order valence-corrected chi connectivity index (χ3v) is 3.04. The zero-order chi connectivity index (χ0) is 11.8. The summed E-state index contributed by atoms with van der Waals surface area (Å²) >= 11 is 6.07. The van der Waals surface area contributed by atoms with Crippen molar-refractivity contribution in [2.75, 3.05) is 0 Å². The molecule has 0 atom stereocenters. The molecule has 2 heterocycles. The standard InChI is InChI=1S/C13H10ClN3/c1-9-12(10-5-3-2-4-6-10)16-11-7-8-15-13(14)17(9)11/h2-8H,1H3. The quantitative estimate of drug-likeness (QED) is 0.614. The summed E-state index contributed by atoms with van der Waals surface area (Å²) in [6.45, 7) is 2.00. The second-order valence-corrected chi connectivity index (χ2v) is 4.16. The van der Waals surface area contributed by atoms with E-state index in [1.165, 1.54) is 0 Å². The van der Waals surface area contributed by atoms with Gasteiger partial charge in [-0.05, 0) is 24.6 Å². The Morgan fingerprint density at radius 2 is 1.88 bits per heavy atom. The number of hydrogen-bond acceptors (Lipinski definition) is 2. The second-order valence-electron chi connectivity index (χ2n) is 3.82. The van der Waals surface area contributed by atoms with Gasteiger partial charge in [0, 0.05) is 11.8 Å². The number of aromatic nitrogens is 3. The van der Waals surface area contributed by atoms with E-state index in [0.29, 0.717) is 5.28 Å². The minimum Gasteiger partial charge on any atom is -0.271 e. The van der Waals surface area contributed by atoms with Crippen LogP contribution in [0.4, 0.5) is 0 Å². The molecular weight excluding hydrogens is 234 g/mol. The molecule has 0 fully saturated rings. The Bertz CT molecular complexity index is 674. The average molecular weight is 244 g/mol. The molecule has 0 bridgehead atoms. The van der Waals surface area contributed by atoms with Crippen LogP contribution in [0.25, 0.3) is 16.9 Å². The van der Waals surface area contributed by atoms with E-state index in [1.54, 1.807) is 6.20 Å². The molecule has 0 aliphatic carbocycles. The van der Waals surface area contributed by atoms with Gasteiger partial charge in [0.1, 0.15) is 5.65 Å². The molecule has 0 unspecified atom stereocenters. The van der Waals surface area contributed by atoms with Gasteiger partial charge in [-0.2, -0.15) is 0 Å². The van der Waals surface area contributed by atoms with Crippen LogP contribution in [0, 0.1) is 6.92 Å². The maximum Gasteiger partial charge on any atom is 0.208 e. The predicted molar refractivity (Wildman–Crippen MR) is 68.2 cm³/mol. The van der Waals surface area contributed by atoms with E-state index in [9.17, 15) is 0 Å². The first-order valence-electron chi connectivity index (χ1n) is 5.32. The predicted octanol–water partition coefficient (Wildman–Crippen LogP) is 3.36. The van der Waals surface area contributed by atoms with Crippen LogP contribution in [0.15, 0.2) is 42.6 Å². The summed E-state index contributed by atoms with van der Waals surface area (Å²) in [7, 11) is 0. The summed E-state index contributed by atoms with van der Waals surface area (Å²) in [5.41, 5.74) is 3.86. The number of imidazole rings is 1.